The zero-order valence-corrected chi connectivity index (χ0v) is 13.7. The second-order valence-corrected chi connectivity index (χ2v) is 6.03. The molecule has 0 bridgehead atoms. The van der Waals surface area contributed by atoms with Crippen molar-refractivity contribution in [3.05, 3.63) is 5.76 Å². The number of likely N-dealkylation sites (tertiary alicyclic amines) is 1. The predicted octanol–water partition coefficient (Wildman–Crippen LogP) is 1.71. The molecule has 1 aliphatic heterocycles. The highest BCUT2D eigenvalue weighted by Gasteiger charge is 2.26. The van der Waals surface area contributed by atoms with Gasteiger partial charge in [-0.2, -0.15) is 5.10 Å². The molecule has 22 heavy (non-hydrogen) atoms. The lowest BCUT2D eigenvalue weighted by Crippen LogP contribution is -2.45. The highest BCUT2D eigenvalue weighted by Crippen LogP contribution is 2.15. The van der Waals surface area contributed by atoms with Gasteiger partial charge in [-0.1, -0.05) is 0 Å². The normalized spacial score (nSPS) is 16.3. The molecule has 0 aromatic rings. The Hall–Kier alpha value is -2.01. The summed E-state index contributed by atoms with van der Waals surface area (Å²) in [6, 6.07) is 0.157. The van der Waals surface area contributed by atoms with Crippen LogP contribution in [0.1, 0.15) is 40.5 Å². The summed E-state index contributed by atoms with van der Waals surface area (Å²) in [6.45, 7) is 8.96. The van der Waals surface area contributed by atoms with E-state index in [2.05, 4.69) is 10.5 Å². The van der Waals surface area contributed by atoms with E-state index in [4.69, 9.17) is 9.47 Å². The topological polar surface area (TPSA) is 80.2 Å². The number of carbonyl (C=O) groups is 1. The second-order valence-electron chi connectivity index (χ2n) is 6.03. The van der Waals surface area contributed by atoms with Gasteiger partial charge < -0.3 is 19.8 Å². The molecule has 1 saturated heterocycles. The molecule has 0 aromatic heterocycles. The van der Waals surface area contributed by atoms with E-state index in [0.29, 0.717) is 19.7 Å². The largest absolute Gasteiger partial charge is 0.482 e. The molecule has 0 unspecified atom stereocenters. The van der Waals surface area contributed by atoms with Gasteiger partial charge in [0.25, 0.3) is 0 Å². The number of ether oxygens (including phenoxy) is 2. The van der Waals surface area contributed by atoms with Crippen molar-refractivity contribution < 1.29 is 19.1 Å². The molecule has 1 rings (SSSR count). The number of amides is 1. The predicted molar refractivity (Wildman–Crippen MR) is 83.3 cm³/mol. The van der Waals surface area contributed by atoms with Crippen LogP contribution >= 0.6 is 0 Å². The maximum atomic E-state index is 11.9. The number of nitrogens with zero attached hydrogens (tertiary/aromatic N) is 2. The molecule has 1 heterocycles. The Bertz CT molecular complexity index is 442. The van der Waals surface area contributed by atoms with Gasteiger partial charge in [-0.15, -0.1) is 0 Å². The smallest absolute Gasteiger partial charge is 0.410 e. The molecule has 124 valence electrons. The number of allylic oxidation sites excluding steroid dienone is 1. The Morgan fingerprint density at radius 2 is 2.05 bits per heavy atom. The molecule has 0 aliphatic carbocycles. The van der Waals surface area contributed by atoms with Crippen molar-refractivity contribution in [1.29, 1.82) is 0 Å². The lowest BCUT2D eigenvalue weighted by Gasteiger charge is -2.33. The standard InChI is InChI=1S/C15H25N3O4/c1-5-21-13(11-19)10-16-17-12-6-8-18(9-7-12)14(20)22-15(2,3)4/h10,12,17H,5-9H2,1-4H3/b16-10+. The van der Waals surface area contributed by atoms with Crippen LogP contribution in [0.4, 0.5) is 4.79 Å². The van der Waals surface area contributed by atoms with E-state index in [1.54, 1.807) is 17.8 Å². The van der Waals surface area contributed by atoms with Gasteiger partial charge in [-0.3, -0.25) is 0 Å². The molecule has 0 radical (unpaired) electrons. The van der Waals surface area contributed by atoms with Crippen molar-refractivity contribution >= 4 is 18.2 Å². The average Bonchev–Trinajstić information content (AvgIpc) is 2.45. The highest BCUT2D eigenvalue weighted by atomic mass is 16.6. The van der Waals surface area contributed by atoms with Crippen molar-refractivity contribution in [2.75, 3.05) is 19.7 Å². The van der Waals surface area contributed by atoms with Gasteiger partial charge in [0, 0.05) is 19.1 Å². The van der Waals surface area contributed by atoms with Gasteiger partial charge in [-0.25, -0.2) is 9.59 Å². The number of nitrogens with one attached hydrogen (secondary N) is 1. The van der Waals surface area contributed by atoms with Crippen molar-refractivity contribution in [3.63, 3.8) is 0 Å². The van der Waals surface area contributed by atoms with Crippen molar-refractivity contribution in [1.82, 2.24) is 10.3 Å². The molecule has 7 nitrogen and oxygen atoms in total. The van der Waals surface area contributed by atoms with Gasteiger partial charge in [-0.05, 0) is 40.5 Å². The summed E-state index contributed by atoms with van der Waals surface area (Å²) in [5.74, 6) is 1.74. The fourth-order valence-corrected chi connectivity index (χ4v) is 1.97. The van der Waals surface area contributed by atoms with Crippen LogP contribution in [0.15, 0.2) is 10.9 Å². The maximum Gasteiger partial charge on any atom is 0.410 e. The maximum absolute atomic E-state index is 11.9. The first-order valence-corrected chi connectivity index (χ1v) is 7.50. The summed E-state index contributed by atoms with van der Waals surface area (Å²) in [6.07, 6.45) is 2.57. The third kappa shape index (κ3) is 6.63. The summed E-state index contributed by atoms with van der Waals surface area (Å²) < 4.78 is 10.4. The molecular formula is C15H25N3O4. The van der Waals surface area contributed by atoms with E-state index < -0.39 is 5.60 Å². The Balaban J connectivity index is 2.35. The molecular weight excluding hydrogens is 286 g/mol. The van der Waals surface area contributed by atoms with Crippen LogP contribution in [-0.2, 0) is 14.3 Å². The first kappa shape index (κ1) is 18.0. The Morgan fingerprint density at radius 3 is 2.55 bits per heavy atom. The first-order chi connectivity index (χ1) is 10.4. The van der Waals surface area contributed by atoms with Gasteiger partial charge in [0.05, 0.1) is 6.61 Å². The lowest BCUT2D eigenvalue weighted by molar-refractivity contribution is 0.0198. The van der Waals surface area contributed by atoms with Crippen LogP contribution in [0.2, 0.25) is 0 Å². The fourth-order valence-electron chi connectivity index (χ4n) is 1.97. The number of piperidine rings is 1. The Kier molecular flexibility index (Phi) is 6.92. The van der Waals surface area contributed by atoms with Crippen LogP contribution in [0.3, 0.4) is 0 Å². The quantitative estimate of drug-likeness (QED) is 0.362. The second kappa shape index (κ2) is 8.44. The molecule has 0 saturated carbocycles. The summed E-state index contributed by atoms with van der Waals surface area (Å²) in [5.41, 5.74) is 2.48. The number of carbonyl (C=O) groups excluding carboxylic acids is 2. The van der Waals surface area contributed by atoms with E-state index in [0.717, 1.165) is 12.8 Å². The fraction of sp³-hybridized carbons (Fsp3) is 0.733. The van der Waals surface area contributed by atoms with E-state index in [1.807, 2.05) is 20.8 Å². The molecule has 1 fully saturated rings. The zero-order valence-electron chi connectivity index (χ0n) is 13.7. The van der Waals surface area contributed by atoms with Crippen molar-refractivity contribution in [3.8, 4) is 0 Å². The van der Waals surface area contributed by atoms with E-state index in [9.17, 15) is 9.59 Å². The van der Waals surface area contributed by atoms with Crippen molar-refractivity contribution in [2.45, 2.75) is 52.2 Å². The highest BCUT2D eigenvalue weighted by molar-refractivity contribution is 5.86. The average molecular weight is 311 g/mol. The van der Waals surface area contributed by atoms with E-state index in [1.165, 1.54) is 6.21 Å². The Labute approximate surface area is 131 Å². The van der Waals surface area contributed by atoms with Gasteiger partial charge in [0.15, 0.2) is 5.94 Å². The first-order valence-electron chi connectivity index (χ1n) is 7.50. The lowest BCUT2D eigenvalue weighted by atomic mass is 10.1. The van der Waals surface area contributed by atoms with Crippen LogP contribution in [0.5, 0.6) is 0 Å². The van der Waals surface area contributed by atoms with Gasteiger partial charge in [0.2, 0.25) is 5.76 Å². The minimum absolute atomic E-state index is 0.0705. The summed E-state index contributed by atoms with van der Waals surface area (Å²) in [5, 5.41) is 3.98. The number of rotatable bonds is 5. The minimum atomic E-state index is -0.479. The van der Waals surface area contributed by atoms with E-state index >= 15 is 0 Å². The van der Waals surface area contributed by atoms with Crippen LogP contribution in [0, 0.1) is 0 Å². The van der Waals surface area contributed by atoms with Crippen LogP contribution in [-0.4, -0.2) is 54.5 Å². The van der Waals surface area contributed by atoms with Crippen LogP contribution in [0.25, 0.3) is 0 Å². The SMILES string of the molecule is CCOC(=C=O)/C=N/NC1CCN(C(=O)OC(C)(C)C)CC1. The number of hydrogen-bond donors (Lipinski definition) is 1. The third-order valence-corrected chi connectivity index (χ3v) is 2.99. The summed E-state index contributed by atoms with van der Waals surface area (Å²) >= 11 is 0. The van der Waals surface area contributed by atoms with E-state index in [-0.39, 0.29) is 17.9 Å². The molecule has 0 atom stereocenters. The number of hydrazone groups is 1. The number of hydrogen-bond acceptors (Lipinski definition) is 6. The molecule has 1 amide bonds. The molecule has 1 aliphatic rings. The monoisotopic (exact) mass is 311 g/mol. The zero-order chi connectivity index (χ0) is 16.6. The van der Waals surface area contributed by atoms with Gasteiger partial charge >= 0.3 is 6.09 Å². The molecule has 7 heteroatoms. The summed E-state index contributed by atoms with van der Waals surface area (Å²) in [4.78, 5) is 24.2. The molecule has 1 N–H and O–H groups in total. The molecule has 0 aromatic carbocycles. The van der Waals surface area contributed by atoms with Crippen molar-refractivity contribution in [2.24, 2.45) is 5.10 Å². The Morgan fingerprint density at radius 1 is 1.41 bits per heavy atom. The van der Waals surface area contributed by atoms with Gasteiger partial charge in [0.1, 0.15) is 11.8 Å². The summed E-state index contributed by atoms with van der Waals surface area (Å²) in [7, 11) is 0. The molecule has 0 spiro atoms. The van der Waals surface area contributed by atoms with Crippen LogP contribution < -0.4 is 5.43 Å². The minimum Gasteiger partial charge on any atom is -0.482 e. The third-order valence-electron chi connectivity index (χ3n) is 2.99.